The molecular weight excluding hydrogens is 190 g/mol. The van der Waals surface area contributed by atoms with E-state index < -0.39 is 0 Å². The summed E-state index contributed by atoms with van der Waals surface area (Å²) >= 11 is 5.74. The van der Waals surface area contributed by atoms with E-state index in [9.17, 15) is 0 Å². The molecule has 0 unspecified atom stereocenters. The van der Waals surface area contributed by atoms with Crippen molar-refractivity contribution in [2.45, 2.75) is 12.7 Å². The second-order valence-corrected chi connectivity index (χ2v) is 3.23. The molecule has 1 aromatic rings. The second kappa shape index (κ2) is 4.05. The first-order valence-corrected chi connectivity index (χ1v) is 4.59. The standard InChI is InChI=1S/C9H10ClNO2/c10-8-6-7(2-3-11-8)9-12-4-1-5-13-9/h2-3,6,9H,1,4-5H2. The van der Waals surface area contributed by atoms with Crippen LogP contribution in [0.3, 0.4) is 0 Å². The lowest BCUT2D eigenvalue weighted by atomic mass is 10.2. The van der Waals surface area contributed by atoms with Gasteiger partial charge in [-0.1, -0.05) is 11.6 Å². The zero-order chi connectivity index (χ0) is 9.10. The molecule has 70 valence electrons. The molecule has 0 aromatic carbocycles. The zero-order valence-corrected chi connectivity index (χ0v) is 7.83. The molecule has 0 atom stereocenters. The van der Waals surface area contributed by atoms with E-state index >= 15 is 0 Å². The topological polar surface area (TPSA) is 31.4 Å². The lowest BCUT2D eigenvalue weighted by Gasteiger charge is -2.23. The normalized spacial score (nSPS) is 18.8. The molecule has 0 saturated carbocycles. The van der Waals surface area contributed by atoms with Crippen molar-refractivity contribution in [1.29, 1.82) is 0 Å². The average Bonchev–Trinajstić information content (AvgIpc) is 2.19. The van der Waals surface area contributed by atoms with Crippen LogP contribution in [0.2, 0.25) is 5.15 Å². The van der Waals surface area contributed by atoms with E-state index in [2.05, 4.69) is 4.98 Å². The summed E-state index contributed by atoms with van der Waals surface area (Å²) in [4.78, 5) is 3.89. The number of ether oxygens (including phenoxy) is 2. The summed E-state index contributed by atoms with van der Waals surface area (Å²) in [7, 11) is 0. The molecule has 0 radical (unpaired) electrons. The predicted octanol–water partition coefficient (Wildman–Crippen LogP) is 2.17. The maximum atomic E-state index is 5.74. The highest BCUT2D eigenvalue weighted by atomic mass is 35.5. The van der Waals surface area contributed by atoms with Crippen molar-refractivity contribution in [2.24, 2.45) is 0 Å². The van der Waals surface area contributed by atoms with Gasteiger partial charge in [0.2, 0.25) is 0 Å². The predicted molar refractivity (Wildman–Crippen MR) is 48.5 cm³/mol. The monoisotopic (exact) mass is 199 g/mol. The van der Waals surface area contributed by atoms with Gasteiger partial charge in [-0.3, -0.25) is 0 Å². The maximum Gasteiger partial charge on any atom is 0.183 e. The number of pyridine rings is 1. The van der Waals surface area contributed by atoms with Crippen molar-refractivity contribution >= 4 is 11.6 Å². The van der Waals surface area contributed by atoms with Gasteiger partial charge in [0.05, 0.1) is 13.2 Å². The Kier molecular flexibility index (Phi) is 2.78. The fourth-order valence-corrected chi connectivity index (χ4v) is 1.43. The summed E-state index contributed by atoms with van der Waals surface area (Å²) in [6, 6.07) is 3.61. The molecule has 1 saturated heterocycles. The molecule has 1 aromatic heterocycles. The highest BCUT2D eigenvalue weighted by molar-refractivity contribution is 6.29. The van der Waals surface area contributed by atoms with Crippen molar-refractivity contribution in [3.63, 3.8) is 0 Å². The zero-order valence-electron chi connectivity index (χ0n) is 7.07. The summed E-state index contributed by atoms with van der Waals surface area (Å²) in [5.74, 6) is 0. The van der Waals surface area contributed by atoms with Crippen LogP contribution in [0.15, 0.2) is 18.3 Å². The highest BCUT2D eigenvalue weighted by Crippen LogP contribution is 2.23. The number of nitrogens with zero attached hydrogens (tertiary/aromatic N) is 1. The molecule has 3 nitrogen and oxygen atoms in total. The molecule has 2 rings (SSSR count). The first kappa shape index (κ1) is 8.94. The van der Waals surface area contributed by atoms with Crippen LogP contribution in [0.1, 0.15) is 18.3 Å². The summed E-state index contributed by atoms with van der Waals surface area (Å²) in [5, 5.41) is 0.468. The molecule has 13 heavy (non-hydrogen) atoms. The van der Waals surface area contributed by atoms with Gasteiger partial charge in [0, 0.05) is 11.8 Å². The molecule has 0 aliphatic carbocycles. The summed E-state index contributed by atoms with van der Waals surface area (Å²) < 4.78 is 10.8. The third-order valence-corrected chi connectivity index (χ3v) is 2.06. The highest BCUT2D eigenvalue weighted by Gasteiger charge is 2.16. The summed E-state index contributed by atoms with van der Waals surface area (Å²) in [6.45, 7) is 1.48. The van der Waals surface area contributed by atoms with Crippen molar-refractivity contribution < 1.29 is 9.47 Å². The van der Waals surface area contributed by atoms with Gasteiger partial charge in [-0.05, 0) is 18.6 Å². The van der Waals surface area contributed by atoms with E-state index in [1.54, 1.807) is 12.3 Å². The lowest BCUT2D eigenvalue weighted by Crippen LogP contribution is -2.17. The Labute approximate surface area is 81.6 Å². The van der Waals surface area contributed by atoms with Crippen LogP contribution in [0.5, 0.6) is 0 Å². The van der Waals surface area contributed by atoms with Crippen LogP contribution in [0, 0.1) is 0 Å². The van der Waals surface area contributed by atoms with Gasteiger partial charge in [-0.15, -0.1) is 0 Å². The minimum Gasteiger partial charge on any atom is -0.348 e. The molecule has 1 aliphatic rings. The molecule has 0 N–H and O–H groups in total. The van der Waals surface area contributed by atoms with Gasteiger partial charge < -0.3 is 9.47 Å². The third-order valence-electron chi connectivity index (χ3n) is 1.85. The molecule has 1 aliphatic heterocycles. The largest absolute Gasteiger partial charge is 0.348 e. The van der Waals surface area contributed by atoms with Gasteiger partial charge >= 0.3 is 0 Å². The van der Waals surface area contributed by atoms with Gasteiger partial charge in [0.25, 0.3) is 0 Å². The minimum absolute atomic E-state index is 0.269. The fourth-order valence-electron chi connectivity index (χ4n) is 1.24. The second-order valence-electron chi connectivity index (χ2n) is 2.84. The van der Waals surface area contributed by atoms with Crippen LogP contribution < -0.4 is 0 Å². The van der Waals surface area contributed by atoms with Crippen molar-refractivity contribution in [3.8, 4) is 0 Å². The Balaban J connectivity index is 2.14. The van der Waals surface area contributed by atoms with Gasteiger partial charge in [-0.25, -0.2) is 4.98 Å². The van der Waals surface area contributed by atoms with Crippen molar-refractivity contribution in [2.75, 3.05) is 13.2 Å². The van der Waals surface area contributed by atoms with E-state index in [1.165, 1.54) is 0 Å². The third kappa shape index (κ3) is 2.18. The Morgan fingerprint density at radius 3 is 2.85 bits per heavy atom. The van der Waals surface area contributed by atoms with E-state index in [-0.39, 0.29) is 6.29 Å². The van der Waals surface area contributed by atoms with Crippen LogP contribution in [0.4, 0.5) is 0 Å². The Hall–Kier alpha value is -0.640. The van der Waals surface area contributed by atoms with Gasteiger partial charge in [0.1, 0.15) is 5.15 Å². The van der Waals surface area contributed by atoms with E-state index in [0.29, 0.717) is 5.15 Å². The minimum atomic E-state index is -0.269. The number of hydrogen-bond acceptors (Lipinski definition) is 3. The van der Waals surface area contributed by atoms with Crippen molar-refractivity contribution in [3.05, 3.63) is 29.0 Å². The maximum absolute atomic E-state index is 5.74. The number of aromatic nitrogens is 1. The van der Waals surface area contributed by atoms with E-state index in [1.807, 2.05) is 6.07 Å². The summed E-state index contributed by atoms with van der Waals surface area (Å²) in [6.07, 6.45) is 2.34. The van der Waals surface area contributed by atoms with Crippen molar-refractivity contribution in [1.82, 2.24) is 4.98 Å². The quantitative estimate of drug-likeness (QED) is 0.650. The van der Waals surface area contributed by atoms with Crippen LogP contribution in [-0.4, -0.2) is 18.2 Å². The first-order chi connectivity index (χ1) is 6.36. The summed E-state index contributed by atoms with van der Waals surface area (Å²) in [5.41, 5.74) is 0.930. The van der Waals surface area contributed by atoms with Crippen LogP contribution in [0.25, 0.3) is 0 Å². The molecular formula is C9H10ClNO2. The lowest BCUT2D eigenvalue weighted by molar-refractivity contribution is -0.183. The van der Waals surface area contributed by atoms with Gasteiger partial charge in [0.15, 0.2) is 6.29 Å². The average molecular weight is 200 g/mol. The number of hydrogen-bond donors (Lipinski definition) is 0. The Morgan fingerprint density at radius 1 is 1.38 bits per heavy atom. The smallest absolute Gasteiger partial charge is 0.183 e. The Morgan fingerprint density at radius 2 is 2.15 bits per heavy atom. The molecule has 2 heterocycles. The molecule has 0 bridgehead atoms. The fraction of sp³-hybridized carbons (Fsp3) is 0.444. The first-order valence-electron chi connectivity index (χ1n) is 4.21. The molecule has 4 heteroatoms. The van der Waals surface area contributed by atoms with E-state index in [0.717, 1.165) is 25.2 Å². The SMILES string of the molecule is Clc1cc(C2OCCCO2)ccn1. The molecule has 0 spiro atoms. The number of halogens is 1. The number of rotatable bonds is 1. The van der Waals surface area contributed by atoms with E-state index in [4.69, 9.17) is 21.1 Å². The van der Waals surface area contributed by atoms with Crippen LogP contribution in [-0.2, 0) is 9.47 Å². The molecule has 1 fully saturated rings. The van der Waals surface area contributed by atoms with Gasteiger partial charge in [-0.2, -0.15) is 0 Å². The molecule has 0 amide bonds. The Bertz CT molecular complexity index is 287. The van der Waals surface area contributed by atoms with Crippen LogP contribution >= 0.6 is 11.6 Å².